The van der Waals surface area contributed by atoms with Crippen molar-refractivity contribution in [1.29, 1.82) is 0 Å². The third-order valence-electron chi connectivity index (χ3n) is 5.24. The molecule has 1 aliphatic heterocycles. The number of methoxy groups -OCH3 is 1. The Kier molecular flexibility index (Phi) is 3.46. The van der Waals surface area contributed by atoms with Gasteiger partial charge in [0.15, 0.2) is 0 Å². The lowest BCUT2D eigenvalue weighted by molar-refractivity contribution is -0.145. The highest BCUT2D eigenvalue weighted by molar-refractivity contribution is 5.75. The van der Waals surface area contributed by atoms with Gasteiger partial charge in [0, 0.05) is 25.4 Å². The van der Waals surface area contributed by atoms with Gasteiger partial charge in [-0.05, 0) is 18.8 Å². The highest BCUT2D eigenvalue weighted by atomic mass is 16.6. The average Bonchev–Trinajstić information content (AvgIpc) is 2.88. The van der Waals surface area contributed by atoms with E-state index in [1.54, 1.807) is 7.11 Å². The molecule has 0 aromatic carbocycles. The van der Waals surface area contributed by atoms with E-state index >= 15 is 0 Å². The molecule has 0 amide bonds. The standard InChI is InChI=1S/C16H22O4/c1-8-4-5-10-9(2)6-12-14(15(17)13(8)10)11(7-19-3)16(18)20-12/h10-15,17H,1-2,4-7H2,3H3/t10-,11?,12+,13-,14+,15+/m0/s1. The Balaban J connectivity index is 1.95. The molecule has 6 atom stereocenters. The second kappa shape index (κ2) is 5.01. The van der Waals surface area contributed by atoms with Crippen LogP contribution in [0, 0.1) is 23.7 Å². The van der Waals surface area contributed by atoms with E-state index in [9.17, 15) is 9.90 Å². The fraction of sp³-hybridized carbons (Fsp3) is 0.688. The molecule has 1 N–H and O–H groups in total. The molecule has 0 radical (unpaired) electrons. The van der Waals surface area contributed by atoms with E-state index in [1.807, 2.05) is 0 Å². The quantitative estimate of drug-likeness (QED) is 0.617. The third-order valence-corrected chi connectivity index (χ3v) is 5.24. The average molecular weight is 278 g/mol. The molecule has 4 nitrogen and oxygen atoms in total. The first-order chi connectivity index (χ1) is 9.54. The molecular weight excluding hydrogens is 256 g/mol. The summed E-state index contributed by atoms with van der Waals surface area (Å²) < 4.78 is 10.6. The summed E-state index contributed by atoms with van der Waals surface area (Å²) in [5.74, 6) is -0.531. The molecule has 0 bridgehead atoms. The van der Waals surface area contributed by atoms with Gasteiger partial charge in [-0.2, -0.15) is 0 Å². The Labute approximate surface area is 119 Å². The number of rotatable bonds is 2. The van der Waals surface area contributed by atoms with Crippen LogP contribution in [-0.2, 0) is 14.3 Å². The molecule has 1 unspecified atom stereocenters. The number of fused-ring (bicyclic) bond motifs is 2. The van der Waals surface area contributed by atoms with Gasteiger partial charge in [-0.15, -0.1) is 0 Å². The predicted octanol–water partition coefficient (Wildman–Crippen LogP) is 1.69. The number of aliphatic hydroxyl groups excluding tert-OH is 1. The molecule has 0 aromatic heterocycles. The van der Waals surface area contributed by atoms with Crippen LogP contribution in [-0.4, -0.2) is 37.0 Å². The van der Waals surface area contributed by atoms with Crippen LogP contribution < -0.4 is 0 Å². The van der Waals surface area contributed by atoms with E-state index in [-0.39, 0.29) is 35.7 Å². The molecule has 3 fully saturated rings. The highest BCUT2D eigenvalue weighted by Gasteiger charge is 2.55. The first kappa shape index (κ1) is 13.8. The fourth-order valence-electron chi connectivity index (χ4n) is 4.28. The lowest BCUT2D eigenvalue weighted by Gasteiger charge is -2.29. The smallest absolute Gasteiger partial charge is 0.312 e. The number of carbonyl (C=O) groups is 1. The van der Waals surface area contributed by atoms with Gasteiger partial charge in [0.1, 0.15) is 6.10 Å². The molecule has 2 saturated carbocycles. The number of aliphatic hydroxyl groups is 1. The van der Waals surface area contributed by atoms with Gasteiger partial charge in [-0.1, -0.05) is 24.3 Å². The molecule has 110 valence electrons. The van der Waals surface area contributed by atoms with Crippen LogP contribution in [0.1, 0.15) is 19.3 Å². The topological polar surface area (TPSA) is 55.8 Å². The Morgan fingerprint density at radius 2 is 2.15 bits per heavy atom. The lowest BCUT2D eigenvalue weighted by atomic mass is 9.78. The molecule has 3 rings (SSSR count). The fourth-order valence-corrected chi connectivity index (χ4v) is 4.28. The number of esters is 1. The molecule has 0 aromatic rings. The Morgan fingerprint density at radius 3 is 2.85 bits per heavy atom. The minimum absolute atomic E-state index is 0.0198. The number of hydrogen-bond donors (Lipinski definition) is 1. The molecule has 4 heteroatoms. The summed E-state index contributed by atoms with van der Waals surface area (Å²) in [6.07, 6.45) is 1.74. The van der Waals surface area contributed by atoms with Crippen molar-refractivity contribution in [3.05, 3.63) is 24.3 Å². The SMILES string of the molecule is C=C1CC[C@H]2C(=C)C[C@H]3OC(=O)C(COC)[C@H]3[C@H](O)[C@@H]12. The monoisotopic (exact) mass is 278 g/mol. The second-order valence-electron chi connectivity index (χ2n) is 6.30. The van der Waals surface area contributed by atoms with Crippen molar-refractivity contribution in [2.45, 2.75) is 31.5 Å². The summed E-state index contributed by atoms with van der Waals surface area (Å²) >= 11 is 0. The van der Waals surface area contributed by atoms with E-state index in [0.717, 1.165) is 24.0 Å². The normalized spacial score (nSPS) is 44.0. The Morgan fingerprint density at radius 1 is 1.40 bits per heavy atom. The Hall–Kier alpha value is -1.13. The summed E-state index contributed by atoms with van der Waals surface area (Å²) in [5.41, 5.74) is 2.17. The molecule has 0 spiro atoms. The van der Waals surface area contributed by atoms with Crippen molar-refractivity contribution in [3.63, 3.8) is 0 Å². The van der Waals surface area contributed by atoms with Gasteiger partial charge < -0.3 is 14.6 Å². The van der Waals surface area contributed by atoms with E-state index in [1.165, 1.54) is 0 Å². The third kappa shape index (κ3) is 1.93. The summed E-state index contributed by atoms with van der Waals surface area (Å²) in [5, 5.41) is 10.8. The van der Waals surface area contributed by atoms with Crippen LogP contribution in [0.4, 0.5) is 0 Å². The second-order valence-corrected chi connectivity index (χ2v) is 6.30. The summed E-state index contributed by atoms with van der Waals surface area (Å²) in [6.45, 7) is 8.58. The zero-order valence-corrected chi connectivity index (χ0v) is 11.9. The number of carbonyl (C=O) groups excluding carboxylic acids is 1. The van der Waals surface area contributed by atoms with E-state index in [2.05, 4.69) is 13.2 Å². The number of ether oxygens (including phenoxy) is 2. The van der Waals surface area contributed by atoms with Crippen molar-refractivity contribution >= 4 is 5.97 Å². The first-order valence-electron chi connectivity index (χ1n) is 7.27. The van der Waals surface area contributed by atoms with E-state index < -0.39 is 6.10 Å². The number of hydrogen-bond acceptors (Lipinski definition) is 4. The van der Waals surface area contributed by atoms with Gasteiger partial charge in [-0.25, -0.2) is 0 Å². The van der Waals surface area contributed by atoms with Crippen LogP contribution in [0.15, 0.2) is 24.3 Å². The van der Waals surface area contributed by atoms with E-state index in [0.29, 0.717) is 13.0 Å². The summed E-state index contributed by atoms with van der Waals surface area (Å²) in [4.78, 5) is 12.0. The molecule has 1 saturated heterocycles. The van der Waals surface area contributed by atoms with Gasteiger partial charge in [0.25, 0.3) is 0 Å². The zero-order valence-electron chi connectivity index (χ0n) is 11.9. The molecule has 1 heterocycles. The van der Waals surface area contributed by atoms with Gasteiger partial charge >= 0.3 is 5.97 Å². The maximum absolute atomic E-state index is 12.0. The first-order valence-corrected chi connectivity index (χ1v) is 7.27. The van der Waals surface area contributed by atoms with Crippen LogP contribution in [0.5, 0.6) is 0 Å². The van der Waals surface area contributed by atoms with Crippen LogP contribution >= 0.6 is 0 Å². The largest absolute Gasteiger partial charge is 0.461 e. The van der Waals surface area contributed by atoms with Crippen molar-refractivity contribution in [2.75, 3.05) is 13.7 Å². The molecule has 20 heavy (non-hydrogen) atoms. The minimum atomic E-state index is -0.592. The van der Waals surface area contributed by atoms with Gasteiger partial charge in [0.2, 0.25) is 0 Å². The van der Waals surface area contributed by atoms with Crippen molar-refractivity contribution < 1.29 is 19.4 Å². The zero-order chi connectivity index (χ0) is 14.4. The van der Waals surface area contributed by atoms with Crippen molar-refractivity contribution in [3.8, 4) is 0 Å². The summed E-state index contributed by atoms with van der Waals surface area (Å²) in [7, 11) is 1.57. The maximum atomic E-state index is 12.0. The predicted molar refractivity (Wildman–Crippen MR) is 73.9 cm³/mol. The van der Waals surface area contributed by atoms with Crippen LogP contribution in [0.25, 0.3) is 0 Å². The molecular formula is C16H22O4. The maximum Gasteiger partial charge on any atom is 0.312 e. The van der Waals surface area contributed by atoms with Gasteiger partial charge in [0.05, 0.1) is 18.6 Å². The van der Waals surface area contributed by atoms with Crippen LogP contribution in [0.2, 0.25) is 0 Å². The van der Waals surface area contributed by atoms with Crippen LogP contribution in [0.3, 0.4) is 0 Å². The van der Waals surface area contributed by atoms with Gasteiger partial charge in [-0.3, -0.25) is 4.79 Å². The minimum Gasteiger partial charge on any atom is -0.461 e. The highest BCUT2D eigenvalue weighted by Crippen LogP contribution is 2.51. The molecule has 2 aliphatic carbocycles. The molecule has 3 aliphatic rings. The summed E-state index contributed by atoms with van der Waals surface area (Å²) in [6, 6.07) is 0. The van der Waals surface area contributed by atoms with Crippen molar-refractivity contribution in [1.82, 2.24) is 0 Å². The van der Waals surface area contributed by atoms with Crippen molar-refractivity contribution in [2.24, 2.45) is 23.7 Å². The lowest BCUT2D eigenvalue weighted by Crippen LogP contribution is -2.38. The van der Waals surface area contributed by atoms with E-state index in [4.69, 9.17) is 9.47 Å². The Bertz CT molecular complexity index is 455.